The van der Waals surface area contributed by atoms with Crippen molar-refractivity contribution in [1.29, 1.82) is 0 Å². The van der Waals surface area contributed by atoms with Crippen LogP contribution < -0.4 is 22.7 Å². The van der Waals surface area contributed by atoms with E-state index in [1.54, 1.807) is 0 Å². The number of anilines is 1. The fraction of sp³-hybridized carbons (Fsp3) is 0.556. The summed E-state index contributed by atoms with van der Waals surface area (Å²) in [5.41, 5.74) is 2.47. The lowest BCUT2D eigenvalue weighted by Crippen LogP contribution is -2.37. The average Bonchev–Trinajstić information content (AvgIpc) is 3.38. The molecule has 49 heavy (non-hydrogen) atoms. The van der Waals surface area contributed by atoms with Crippen LogP contribution in [0, 0.1) is 0 Å². The van der Waals surface area contributed by atoms with Crippen molar-refractivity contribution in [2.24, 2.45) is 0 Å². The van der Waals surface area contributed by atoms with E-state index in [4.69, 9.17) is 15.2 Å². The van der Waals surface area contributed by atoms with Gasteiger partial charge in [-0.1, -0.05) is 0 Å². The molecule has 0 spiro atoms. The zero-order valence-corrected chi connectivity index (χ0v) is 27.4. The monoisotopic (exact) mass is 789 g/mol. The van der Waals surface area contributed by atoms with Gasteiger partial charge in [0.05, 0.1) is 13.2 Å². The Bertz CT molecular complexity index is 1900. The number of hydrogen-bond donors (Lipinski definition) is 10. The third-order valence-electron chi connectivity index (χ3n) is 6.35. The van der Waals surface area contributed by atoms with Gasteiger partial charge in [-0.2, -0.15) is 17.9 Å². The van der Waals surface area contributed by atoms with E-state index in [2.05, 4.69) is 27.0 Å². The second kappa shape index (κ2) is 14.7. The third-order valence-corrected chi connectivity index (χ3v) is 12.3. The number of aromatic nitrogens is 4. The molecule has 0 radical (unpaired) electrons. The standard InChI is InChI=1S/C18H27N5O22P4/c19-9-1-3-22(17(29)20-9)15-13(27)11(25)7(41-15)5-39-46(31,32)43-48(35,36)45-49(37,38)44-47(33,34)40-6-8-12(26)14(28)16(42-8)23-4-2-10(24)21-18(23)30/h1-4,7-8,11-16,25-28H,5-6H2,(H,31,32)(H,33,34)(H,35,36)(H,37,38)(H2,19,20,29)(H,21,24,30)/t7-,8-,11+,12+,13?,14?,15-,16-/m1/s1. The largest absolute Gasteiger partial charge is 0.490 e. The van der Waals surface area contributed by atoms with Crippen molar-refractivity contribution >= 4 is 37.1 Å². The van der Waals surface area contributed by atoms with Crippen LogP contribution >= 0.6 is 31.3 Å². The van der Waals surface area contributed by atoms with E-state index in [0.29, 0.717) is 9.13 Å². The number of aliphatic hydroxyl groups excluding tert-OH is 4. The normalized spacial score (nSPS) is 32.2. The van der Waals surface area contributed by atoms with Gasteiger partial charge in [0, 0.05) is 18.5 Å². The molecule has 4 heterocycles. The number of phosphoric acid groups is 4. The van der Waals surface area contributed by atoms with E-state index in [-0.39, 0.29) is 5.82 Å². The van der Waals surface area contributed by atoms with E-state index >= 15 is 0 Å². The molecule has 2 saturated heterocycles. The average molecular weight is 789 g/mol. The Morgan fingerprint density at radius 2 is 1.14 bits per heavy atom. The minimum Gasteiger partial charge on any atom is -0.387 e. The highest BCUT2D eigenvalue weighted by Gasteiger charge is 2.50. The molecule has 0 aromatic carbocycles. The van der Waals surface area contributed by atoms with E-state index in [1.807, 2.05) is 4.98 Å². The molecule has 31 heteroatoms. The van der Waals surface area contributed by atoms with Gasteiger partial charge in [0.15, 0.2) is 12.5 Å². The summed E-state index contributed by atoms with van der Waals surface area (Å²) >= 11 is 0. The van der Waals surface area contributed by atoms with Crippen LogP contribution in [0.4, 0.5) is 5.82 Å². The minimum atomic E-state index is -6.23. The summed E-state index contributed by atoms with van der Waals surface area (Å²) in [5, 5.41) is 40.8. The number of aromatic amines is 1. The Labute approximate surface area is 270 Å². The number of aliphatic hydroxyl groups is 4. The Balaban J connectivity index is 1.30. The van der Waals surface area contributed by atoms with Gasteiger partial charge in [0.1, 0.15) is 42.4 Å². The van der Waals surface area contributed by atoms with Crippen LogP contribution in [0.25, 0.3) is 0 Å². The Kier molecular flexibility index (Phi) is 11.9. The fourth-order valence-electron chi connectivity index (χ4n) is 4.24. The van der Waals surface area contributed by atoms with Gasteiger partial charge in [-0.15, -0.1) is 0 Å². The van der Waals surface area contributed by atoms with Gasteiger partial charge in [-0.25, -0.2) is 27.8 Å². The molecular formula is C18H27N5O22P4. The van der Waals surface area contributed by atoms with Crippen molar-refractivity contribution in [2.45, 2.75) is 49.1 Å². The summed E-state index contributed by atoms with van der Waals surface area (Å²) in [5.74, 6) is -0.187. The van der Waals surface area contributed by atoms with Crippen molar-refractivity contribution in [3.8, 4) is 0 Å². The summed E-state index contributed by atoms with van der Waals surface area (Å²) in [4.78, 5) is 79.5. The highest BCUT2D eigenvalue weighted by Crippen LogP contribution is 2.71. The molecule has 6 unspecified atom stereocenters. The zero-order valence-electron chi connectivity index (χ0n) is 23.8. The molecule has 12 atom stereocenters. The highest BCUT2D eigenvalue weighted by molar-refractivity contribution is 7.69. The number of hydrogen-bond acceptors (Lipinski definition) is 20. The Hall–Kier alpha value is -2.32. The van der Waals surface area contributed by atoms with Crippen molar-refractivity contribution in [1.82, 2.24) is 19.1 Å². The number of ether oxygens (including phenoxy) is 2. The van der Waals surface area contributed by atoms with Crippen molar-refractivity contribution in [3.63, 3.8) is 0 Å². The lowest BCUT2D eigenvalue weighted by atomic mass is 10.1. The smallest absolute Gasteiger partial charge is 0.387 e. The van der Waals surface area contributed by atoms with Crippen LogP contribution in [-0.2, 0) is 49.7 Å². The first-order chi connectivity index (χ1) is 22.5. The second-order valence-corrected chi connectivity index (χ2v) is 16.1. The first-order valence-electron chi connectivity index (χ1n) is 12.9. The molecule has 27 nitrogen and oxygen atoms in total. The molecule has 2 aliphatic rings. The first kappa shape index (κ1) is 39.5. The summed E-state index contributed by atoms with van der Waals surface area (Å²) in [7, 11) is -24.1. The fourth-order valence-corrected chi connectivity index (χ4v) is 9.20. The molecule has 276 valence electrons. The van der Waals surface area contributed by atoms with Crippen LogP contribution in [0.2, 0.25) is 0 Å². The van der Waals surface area contributed by atoms with E-state index in [1.165, 1.54) is 0 Å². The van der Waals surface area contributed by atoms with Crippen LogP contribution in [0.5, 0.6) is 0 Å². The van der Waals surface area contributed by atoms with Crippen LogP contribution in [0.3, 0.4) is 0 Å². The molecule has 2 aromatic heterocycles. The molecule has 0 saturated carbocycles. The van der Waals surface area contributed by atoms with Crippen LogP contribution in [0.15, 0.2) is 38.9 Å². The van der Waals surface area contributed by atoms with E-state index < -0.39 is 111 Å². The predicted octanol–water partition coefficient (Wildman–Crippen LogP) is -3.90. The maximum Gasteiger partial charge on any atom is 0.490 e. The summed E-state index contributed by atoms with van der Waals surface area (Å²) < 4.78 is 80.7. The Morgan fingerprint density at radius 1 is 0.714 bits per heavy atom. The molecule has 2 aliphatic heterocycles. The maximum absolute atomic E-state index is 12.2. The molecule has 0 bridgehead atoms. The molecule has 2 aromatic rings. The molecule has 4 rings (SSSR count). The van der Waals surface area contributed by atoms with Crippen molar-refractivity contribution in [3.05, 3.63) is 55.8 Å². The number of rotatable bonds is 14. The van der Waals surface area contributed by atoms with Crippen LogP contribution in [-0.4, -0.2) is 109 Å². The highest BCUT2D eigenvalue weighted by atomic mass is 31.3. The lowest BCUT2D eigenvalue weighted by Gasteiger charge is -2.21. The van der Waals surface area contributed by atoms with Gasteiger partial charge < -0.3 is 55.2 Å². The molecule has 2 fully saturated rings. The van der Waals surface area contributed by atoms with E-state index in [9.17, 15) is 72.6 Å². The number of nitrogens with zero attached hydrogens (tertiary/aromatic N) is 3. The summed E-state index contributed by atoms with van der Waals surface area (Å²) in [6.07, 6.45) is -12.3. The van der Waals surface area contributed by atoms with Gasteiger partial charge >= 0.3 is 42.7 Å². The number of nitrogens with one attached hydrogen (secondary N) is 1. The molecule has 0 aliphatic carbocycles. The van der Waals surface area contributed by atoms with E-state index in [0.717, 1.165) is 24.5 Å². The van der Waals surface area contributed by atoms with Gasteiger partial charge in [-0.05, 0) is 6.07 Å². The first-order valence-corrected chi connectivity index (χ1v) is 18.9. The van der Waals surface area contributed by atoms with Crippen LogP contribution in [0.1, 0.15) is 12.5 Å². The van der Waals surface area contributed by atoms with Gasteiger partial charge in [0.25, 0.3) is 5.56 Å². The van der Waals surface area contributed by atoms with Gasteiger partial charge in [-0.3, -0.25) is 28.0 Å². The molecular weight excluding hydrogens is 762 g/mol. The van der Waals surface area contributed by atoms with Crippen molar-refractivity contribution < 1.29 is 89.7 Å². The number of nitrogens with two attached hydrogens (primary N) is 1. The Morgan fingerprint density at radius 3 is 1.59 bits per heavy atom. The third kappa shape index (κ3) is 9.93. The minimum absolute atomic E-state index is 0.187. The summed E-state index contributed by atoms with van der Waals surface area (Å²) in [6, 6.07) is 2.01. The number of H-pyrrole nitrogens is 1. The number of phosphoric ester groups is 2. The second-order valence-electron chi connectivity index (χ2n) is 9.86. The van der Waals surface area contributed by atoms with Crippen molar-refractivity contribution in [2.75, 3.05) is 18.9 Å². The summed E-state index contributed by atoms with van der Waals surface area (Å²) in [6.45, 7) is -2.39. The topological polar surface area (TPSA) is 410 Å². The maximum atomic E-state index is 12.2. The molecule has 0 amide bonds. The molecule has 11 N–H and O–H groups in total. The SMILES string of the molecule is Nc1ccn([C@@H]2O[C@H](COP(=O)(O)OP(=O)(O)OP(=O)(O)OP(=O)(O)OC[C@H]3O[C@@H](n4ccc(=O)[nH]c4=O)C(O)[C@H]3O)[C@H](O)C2O)c(=O)n1. The lowest BCUT2D eigenvalue weighted by molar-refractivity contribution is -0.0543. The van der Waals surface area contributed by atoms with Gasteiger partial charge in [0.2, 0.25) is 0 Å². The predicted molar refractivity (Wildman–Crippen MR) is 151 cm³/mol. The zero-order chi connectivity index (χ0) is 36.7. The number of nitrogen functional groups attached to an aromatic ring is 1. The quantitative estimate of drug-likeness (QED) is 0.0818.